The van der Waals surface area contributed by atoms with E-state index in [0.29, 0.717) is 6.54 Å². The number of nitrogens with two attached hydrogens (primary N) is 1. The van der Waals surface area contributed by atoms with Crippen molar-refractivity contribution in [3.8, 4) is 0 Å². The van der Waals surface area contributed by atoms with Crippen LogP contribution in [-0.4, -0.2) is 9.97 Å². The minimum Gasteiger partial charge on any atom is -0.341 e. The van der Waals surface area contributed by atoms with E-state index in [1.165, 1.54) is 0 Å². The summed E-state index contributed by atoms with van der Waals surface area (Å²) in [4.78, 5) is 7.45. The molecule has 0 amide bonds. The first-order valence-electron chi connectivity index (χ1n) is 3.74. The van der Waals surface area contributed by atoms with Crippen molar-refractivity contribution < 1.29 is 0 Å². The van der Waals surface area contributed by atoms with E-state index in [0.717, 1.165) is 25.8 Å². The van der Waals surface area contributed by atoms with Crippen LogP contribution in [0.3, 0.4) is 0 Å². The quantitative estimate of drug-likeness (QED) is 0.850. The molecule has 1 aromatic heterocycles. The third kappa shape index (κ3) is 1.63. The predicted octanol–water partition coefficient (Wildman–Crippen LogP) is 2.55. The molecule has 1 aromatic carbocycles. The number of hydrogen-bond donors (Lipinski definition) is 2. The molecule has 1 heterocycles. The van der Waals surface area contributed by atoms with Gasteiger partial charge in [0.25, 0.3) is 0 Å². The van der Waals surface area contributed by atoms with E-state index in [9.17, 15) is 0 Å². The molecule has 2 rings (SSSR count). The van der Waals surface area contributed by atoms with Crippen molar-refractivity contribution in [1.82, 2.24) is 9.97 Å². The van der Waals surface area contributed by atoms with Crippen LogP contribution in [0, 0.1) is 0 Å². The van der Waals surface area contributed by atoms with Gasteiger partial charge in [-0.3, -0.25) is 0 Å². The second-order valence-electron chi connectivity index (χ2n) is 2.67. The number of nitrogens with zero attached hydrogens (tertiary/aromatic N) is 1. The predicted molar refractivity (Wildman–Crippen MR) is 59.4 cm³/mol. The van der Waals surface area contributed by atoms with E-state index < -0.39 is 0 Å². The van der Waals surface area contributed by atoms with E-state index in [4.69, 9.17) is 5.73 Å². The molecule has 0 bridgehead atoms. The molecular weight excluding hydrogens is 298 g/mol. The zero-order valence-corrected chi connectivity index (χ0v) is 9.81. The lowest BCUT2D eigenvalue weighted by molar-refractivity contribution is 0.958. The van der Waals surface area contributed by atoms with E-state index in [1.807, 2.05) is 12.1 Å². The molecule has 0 aliphatic carbocycles. The van der Waals surface area contributed by atoms with Crippen molar-refractivity contribution in [1.29, 1.82) is 0 Å². The number of H-pyrrole nitrogens is 1. The number of halogens is 2. The molecule has 3 N–H and O–H groups in total. The van der Waals surface area contributed by atoms with Gasteiger partial charge in [0.15, 0.2) is 0 Å². The van der Waals surface area contributed by atoms with Gasteiger partial charge in [-0.25, -0.2) is 4.98 Å². The Kier molecular flexibility index (Phi) is 2.40. The average Bonchev–Trinajstić information content (AvgIpc) is 2.47. The highest BCUT2D eigenvalue weighted by Gasteiger charge is 2.05. The number of fused-ring (bicyclic) bond motifs is 1. The van der Waals surface area contributed by atoms with Crippen LogP contribution in [0.15, 0.2) is 21.1 Å². The molecule has 13 heavy (non-hydrogen) atoms. The molecule has 0 radical (unpaired) electrons. The number of rotatable bonds is 1. The summed E-state index contributed by atoms with van der Waals surface area (Å²) in [5.41, 5.74) is 7.39. The number of benzene rings is 1. The van der Waals surface area contributed by atoms with Crippen molar-refractivity contribution in [3.05, 3.63) is 26.9 Å². The normalized spacial score (nSPS) is 11.0. The van der Waals surface area contributed by atoms with Gasteiger partial charge in [0, 0.05) is 8.95 Å². The summed E-state index contributed by atoms with van der Waals surface area (Å²) in [6, 6.07) is 3.94. The molecule has 0 spiro atoms. The van der Waals surface area contributed by atoms with Crippen molar-refractivity contribution in [2.45, 2.75) is 6.54 Å². The Morgan fingerprint density at radius 3 is 2.85 bits per heavy atom. The fraction of sp³-hybridized carbons (Fsp3) is 0.125. The number of hydrogen-bond acceptors (Lipinski definition) is 2. The van der Waals surface area contributed by atoms with Crippen LogP contribution in [0.25, 0.3) is 11.0 Å². The Labute approximate surface area is 92.0 Å². The minimum absolute atomic E-state index is 0.429. The van der Waals surface area contributed by atoms with E-state index in [2.05, 4.69) is 41.8 Å². The fourth-order valence-electron chi connectivity index (χ4n) is 1.19. The number of nitrogens with one attached hydrogen (secondary N) is 1. The lowest BCUT2D eigenvalue weighted by Crippen LogP contribution is -1.97. The second-order valence-corrected chi connectivity index (χ2v) is 4.44. The average molecular weight is 305 g/mol. The summed E-state index contributed by atoms with van der Waals surface area (Å²) < 4.78 is 1.98. The molecular formula is C8H7Br2N3. The maximum atomic E-state index is 5.48. The van der Waals surface area contributed by atoms with Crippen LogP contribution in [0.4, 0.5) is 0 Å². The maximum absolute atomic E-state index is 5.48. The Hall–Kier alpha value is -0.390. The standard InChI is InChI=1S/C8H7Br2N3/c9-4-1-5(10)8-6(2-4)12-7(3-11)13-8/h1-2H,3,11H2,(H,12,13). The van der Waals surface area contributed by atoms with Gasteiger partial charge in [0.05, 0.1) is 12.1 Å². The molecule has 0 aliphatic heterocycles. The maximum Gasteiger partial charge on any atom is 0.121 e. The SMILES string of the molecule is NCc1nc2c(Br)cc(Br)cc2[nH]1. The van der Waals surface area contributed by atoms with Crippen LogP contribution >= 0.6 is 31.9 Å². The molecule has 0 fully saturated rings. The van der Waals surface area contributed by atoms with Crippen molar-refractivity contribution >= 4 is 42.9 Å². The molecule has 2 aromatic rings. The van der Waals surface area contributed by atoms with Crippen LogP contribution in [0.2, 0.25) is 0 Å². The van der Waals surface area contributed by atoms with Gasteiger partial charge in [-0.2, -0.15) is 0 Å². The third-order valence-electron chi connectivity index (χ3n) is 1.75. The third-order valence-corrected chi connectivity index (χ3v) is 2.81. The largest absolute Gasteiger partial charge is 0.341 e. The topological polar surface area (TPSA) is 54.7 Å². The van der Waals surface area contributed by atoms with Gasteiger partial charge in [0.1, 0.15) is 11.3 Å². The monoisotopic (exact) mass is 303 g/mol. The Morgan fingerprint density at radius 2 is 2.15 bits per heavy atom. The van der Waals surface area contributed by atoms with Gasteiger partial charge >= 0.3 is 0 Å². The van der Waals surface area contributed by atoms with E-state index in [-0.39, 0.29) is 0 Å². The van der Waals surface area contributed by atoms with Crippen molar-refractivity contribution in [2.24, 2.45) is 5.73 Å². The zero-order chi connectivity index (χ0) is 9.42. The molecule has 3 nitrogen and oxygen atoms in total. The number of aromatic nitrogens is 2. The van der Waals surface area contributed by atoms with Crippen LogP contribution in [0.1, 0.15) is 5.82 Å². The Bertz CT molecular complexity index is 450. The van der Waals surface area contributed by atoms with Crippen molar-refractivity contribution in [3.63, 3.8) is 0 Å². The smallest absolute Gasteiger partial charge is 0.121 e. The van der Waals surface area contributed by atoms with Crippen LogP contribution in [-0.2, 0) is 6.54 Å². The summed E-state index contributed by atoms with van der Waals surface area (Å²) >= 11 is 6.84. The summed E-state index contributed by atoms with van der Waals surface area (Å²) in [6.45, 7) is 0.429. The highest BCUT2D eigenvalue weighted by Crippen LogP contribution is 2.26. The van der Waals surface area contributed by atoms with Gasteiger partial charge in [-0.1, -0.05) is 15.9 Å². The fourth-order valence-corrected chi connectivity index (χ4v) is 2.50. The van der Waals surface area contributed by atoms with Gasteiger partial charge in [-0.05, 0) is 28.1 Å². The lowest BCUT2D eigenvalue weighted by atomic mass is 10.3. The lowest BCUT2D eigenvalue weighted by Gasteiger charge is -1.93. The van der Waals surface area contributed by atoms with Crippen molar-refractivity contribution in [2.75, 3.05) is 0 Å². The highest BCUT2D eigenvalue weighted by atomic mass is 79.9. The molecule has 0 saturated carbocycles. The highest BCUT2D eigenvalue weighted by molar-refractivity contribution is 9.11. The summed E-state index contributed by atoms with van der Waals surface area (Å²) in [7, 11) is 0. The number of aromatic amines is 1. The van der Waals surface area contributed by atoms with Gasteiger partial charge in [0.2, 0.25) is 0 Å². The zero-order valence-electron chi connectivity index (χ0n) is 6.64. The molecule has 0 atom stereocenters. The van der Waals surface area contributed by atoms with Crippen LogP contribution in [0.5, 0.6) is 0 Å². The molecule has 0 aliphatic rings. The molecule has 0 unspecified atom stereocenters. The minimum atomic E-state index is 0.429. The molecule has 0 saturated heterocycles. The van der Waals surface area contributed by atoms with Gasteiger partial charge in [-0.15, -0.1) is 0 Å². The summed E-state index contributed by atoms with van der Waals surface area (Å²) in [5.74, 6) is 0.800. The number of imidazole rings is 1. The van der Waals surface area contributed by atoms with E-state index in [1.54, 1.807) is 0 Å². The first kappa shape index (κ1) is 9.18. The summed E-state index contributed by atoms with van der Waals surface area (Å²) in [5, 5.41) is 0. The van der Waals surface area contributed by atoms with Gasteiger partial charge < -0.3 is 10.7 Å². The Morgan fingerprint density at radius 1 is 1.38 bits per heavy atom. The molecule has 5 heteroatoms. The molecule has 68 valence electrons. The van der Waals surface area contributed by atoms with Crippen LogP contribution < -0.4 is 5.73 Å². The second kappa shape index (κ2) is 3.40. The Balaban J connectivity index is 2.75. The first-order valence-corrected chi connectivity index (χ1v) is 5.33. The van der Waals surface area contributed by atoms with E-state index >= 15 is 0 Å². The first-order chi connectivity index (χ1) is 6.20. The summed E-state index contributed by atoms with van der Waals surface area (Å²) in [6.07, 6.45) is 0.